The Morgan fingerprint density at radius 3 is 2.47 bits per heavy atom. The van der Waals surface area contributed by atoms with Crippen LogP contribution in [0.1, 0.15) is 24.5 Å². The molecule has 3 heteroatoms. The second kappa shape index (κ2) is 6.32. The highest BCUT2D eigenvalue weighted by Gasteiger charge is 2.12. The molecule has 0 atom stereocenters. The molecule has 100 valence electrons. The summed E-state index contributed by atoms with van der Waals surface area (Å²) < 4.78 is 32.5. The van der Waals surface area contributed by atoms with E-state index in [-0.39, 0.29) is 12.4 Å². The van der Waals surface area contributed by atoms with Crippen molar-refractivity contribution in [2.24, 2.45) is 0 Å². The molecule has 0 heterocycles. The monoisotopic (exact) mass is 262 g/mol. The molecule has 0 saturated heterocycles. The molecule has 0 aliphatic rings. The van der Waals surface area contributed by atoms with E-state index < -0.39 is 11.6 Å². The van der Waals surface area contributed by atoms with E-state index in [0.717, 1.165) is 18.1 Å². The lowest BCUT2D eigenvalue weighted by Gasteiger charge is -2.12. The summed E-state index contributed by atoms with van der Waals surface area (Å²) in [6.45, 7) is 2.24. The van der Waals surface area contributed by atoms with E-state index in [0.29, 0.717) is 12.0 Å². The number of aryl methyl sites for hydroxylation is 1. The Labute approximate surface area is 111 Å². The Kier molecular flexibility index (Phi) is 4.50. The van der Waals surface area contributed by atoms with Gasteiger partial charge in [-0.2, -0.15) is 0 Å². The van der Waals surface area contributed by atoms with E-state index in [1.807, 2.05) is 37.3 Å². The van der Waals surface area contributed by atoms with Crippen LogP contribution in [0.2, 0.25) is 0 Å². The van der Waals surface area contributed by atoms with Gasteiger partial charge in [0.1, 0.15) is 12.4 Å². The maximum Gasteiger partial charge on any atom is 0.168 e. The van der Waals surface area contributed by atoms with Gasteiger partial charge in [-0.15, -0.1) is 0 Å². The Bertz CT molecular complexity index is 538. The summed E-state index contributed by atoms with van der Waals surface area (Å²) in [5, 5.41) is 0. The minimum atomic E-state index is -0.639. The zero-order valence-corrected chi connectivity index (χ0v) is 10.8. The lowest BCUT2D eigenvalue weighted by Crippen LogP contribution is -2.02. The van der Waals surface area contributed by atoms with Crippen molar-refractivity contribution in [3.05, 3.63) is 65.2 Å². The van der Waals surface area contributed by atoms with Crippen LogP contribution < -0.4 is 4.74 Å². The molecule has 0 N–H and O–H groups in total. The molecule has 0 saturated carbocycles. The Hall–Kier alpha value is -1.90. The van der Waals surface area contributed by atoms with Crippen LogP contribution in [0.25, 0.3) is 0 Å². The minimum Gasteiger partial charge on any atom is -0.486 e. The van der Waals surface area contributed by atoms with Crippen LogP contribution in [0.5, 0.6) is 5.75 Å². The van der Waals surface area contributed by atoms with Gasteiger partial charge in [0.15, 0.2) is 11.6 Å². The molecule has 0 unspecified atom stereocenters. The lowest BCUT2D eigenvalue weighted by molar-refractivity contribution is 0.285. The summed E-state index contributed by atoms with van der Waals surface area (Å²) in [6.07, 6.45) is 1.41. The maximum atomic E-state index is 13.8. The van der Waals surface area contributed by atoms with Crippen LogP contribution in [-0.4, -0.2) is 0 Å². The topological polar surface area (TPSA) is 9.23 Å². The quantitative estimate of drug-likeness (QED) is 0.771. The summed E-state index contributed by atoms with van der Waals surface area (Å²) >= 11 is 0. The van der Waals surface area contributed by atoms with Crippen LogP contribution in [-0.2, 0) is 13.0 Å². The van der Waals surface area contributed by atoms with Crippen molar-refractivity contribution in [1.29, 1.82) is 0 Å². The Morgan fingerprint density at radius 2 is 1.79 bits per heavy atom. The first-order valence-electron chi connectivity index (χ1n) is 6.35. The molecule has 0 bridgehead atoms. The first kappa shape index (κ1) is 13.5. The highest BCUT2D eigenvalue weighted by atomic mass is 19.1. The van der Waals surface area contributed by atoms with Gasteiger partial charge in [-0.3, -0.25) is 0 Å². The first-order valence-corrected chi connectivity index (χ1v) is 6.35. The summed E-state index contributed by atoms with van der Waals surface area (Å²) in [6, 6.07) is 11.7. The van der Waals surface area contributed by atoms with E-state index in [9.17, 15) is 8.78 Å². The average Bonchev–Trinajstić information content (AvgIpc) is 2.39. The third-order valence-electron chi connectivity index (χ3n) is 2.83. The third-order valence-corrected chi connectivity index (χ3v) is 2.83. The molecule has 0 aliphatic heterocycles. The number of rotatable bonds is 5. The van der Waals surface area contributed by atoms with Crippen LogP contribution in [0.4, 0.5) is 8.78 Å². The fourth-order valence-corrected chi connectivity index (χ4v) is 1.96. The van der Waals surface area contributed by atoms with Gasteiger partial charge in [-0.25, -0.2) is 8.78 Å². The largest absolute Gasteiger partial charge is 0.486 e. The standard InChI is InChI=1S/C16H16F2O/c1-2-6-13-9-14(17)10-15(18)16(13)19-11-12-7-4-3-5-8-12/h3-5,7-10H,2,6,11H2,1H3. The molecule has 0 aromatic heterocycles. The van der Waals surface area contributed by atoms with Crippen molar-refractivity contribution < 1.29 is 13.5 Å². The van der Waals surface area contributed by atoms with E-state index >= 15 is 0 Å². The van der Waals surface area contributed by atoms with Crippen molar-refractivity contribution in [3.63, 3.8) is 0 Å². The van der Waals surface area contributed by atoms with Gasteiger partial charge < -0.3 is 4.74 Å². The van der Waals surface area contributed by atoms with Gasteiger partial charge in [0.05, 0.1) is 0 Å². The summed E-state index contributed by atoms with van der Waals surface area (Å²) in [4.78, 5) is 0. The number of hydrogen-bond donors (Lipinski definition) is 0. The normalized spacial score (nSPS) is 10.5. The van der Waals surface area contributed by atoms with E-state index in [2.05, 4.69) is 0 Å². The van der Waals surface area contributed by atoms with Gasteiger partial charge in [-0.05, 0) is 18.1 Å². The Morgan fingerprint density at radius 1 is 1.05 bits per heavy atom. The minimum absolute atomic E-state index is 0.159. The summed E-state index contributed by atoms with van der Waals surface area (Å²) in [5.74, 6) is -1.04. The third kappa shape index (κ3) is 3.53. The molecule has 0 spiro atoms. The van der Waals surface area contributed by atoms with Crippen LogP contribution in [0.3, 0.4) is 0 Å². The van der Waals surface area contributed by atoms with Crippen molar-refractivity contribution in [2.75, 3.05) is 0 Å². The second-order valence-corrected chi connectivity index (χ2v) is 4.40. The van der Waals surface area contributed by atoms with Crippen molar-refractivity contribution in [2.45, 2.75) is 26.4 Å². The highest BCUT2D eigenvalue weighted by Crippen LogP contribution is 2.26. The molecule has 0 amide bonds. The van der Waals surface area contributed by atoms with Crippen LogP contribution >= 0.6 is 0 Å². The SMILES string of the molecule is CCCc1cc(F)cc(F)c1OCc1ccccc1. The summed E-state index contributed by atoms with van der Waals surface area (Å²) in [7, 11) is 0. The predicted molar refractivity (Wildman–Crippen MR) is 71.1 cm³/mol. The Balaban J connectivity index is 2.19. The first-order chi connectivity index (χ1) is 9.20. The molecular weight excluding hydrogens is 246 g/mol. The number of halogens is 2. The zero-order valence-electron chi connectivity index (χ0n) is 10.8. The lowest BCUT2D eigenvalue weighted by atomic mass is 10.1. The predicted octanol–water partition coefficient (Wildman–Crippen LogP) is 4.50. The van der Waals surface area contributed by atoms with Gasteiger partial charge in [0, 0.05) is 11.6 Å². The zero-order chi connectivity index (χ0) is 13.7. The van der Waals surface area contributed by atoms with Crippen molar-refractivity contribution >= 4 is 0 Å². The average molecular weight is 262 g/mol. The van der Waals surface area contributed by atoms with Crippen molar-refractivity contribution in [1.82, 2.24) is 0 Å². The fourth-order valence-electron chi connectivity index (χ4n) is 1.96. The molecule has 1 nitrogen and oxygen atoms in total. The molecule has 0 fully saturated rings. The van der Waals surface area contributed by atoms with Gasteiger partial charge in [0.2, 0.25) is 0 Å². The molecule has 0 aliphatic carbocycles. The second-order valence-electron chi connectivity index (χ2n) is 4.40. The molecule has 0 radical (unpaired) electrons. The number of ether oxygens (including phenoxy) is 1. The smallest absolute Gasteiger partial charge is 0.168 e. The molecule has 2 rings (SSSR count). The summed E-state index contributed by atoms with van der Waals surface area (Å²) in [5.41, 5.74) is 1.53. The fraction of sp³-hybridized carbons (Fsp3) is 0.250. The molecular formula is C16H16F2O. The van der Waals surface area contributed by atoms with E-state index in [1.165, 1.54) is 6.07 Å². The number of benzene rings is 2. The highest BCUT2D eigenvalue weighted by molar-refractivity contribution is 5.36. The molecule has 2 aromatic carbocycles. The van der Waals surface area contributed by atoms with Gasteiger partial charge >= 0.3 is 0 Å². The van der Waals surface area contributed by atoms with Crippen molar-refractivity contribution in [3.8, 4) is 5.75 Å². The van der Waals surface area contributed by atoms with E-state index in [1.54, 1.807) is 0 Å². The van der Waals surface area contributed by atoms with Crippen LogP contribution in [0.15, 0.2) is 42.5 Å². The molecule has 2 aromatic rings. The molecule has 19 heavy (non-hydrogen) atoms. The van der Waals surface area contributed by atoms with Gasteiger partial charge in [-0.1, -0.05) is 43.7 Å². The maximum absolute atomic E-state index is 13.8. The van der Waals surface area contributed by atoms with Gasteiger partial charge in [0.25, 0.3) is 0 Å². The van der Waals surface area contributed by atoms with E-state index in [4.69, 9.17) is 4.74 Å². The van der Waals surface area contributed by atoms with Crippen LogP contribution in [0, 0.1) is 11.6 Å². The number of hydrogen-bond acceptors (Lipinski definition) is 1.